The van der Waals surface area contributed by atoms with Crippen molar-refractivity contribution >= 4 is 27.3 Å². The monoisotopic (exact) mass is 403 g/mol. The number of nitrogens with zero attached hydrogens (tertiary/aromatic N) is 2. The highest BCUT2D eigenvalue weighted by Crippen LogP contribution is 2.22. The normalized spacial score (nSPS) is 12.7. The third-order valence-electron chi connectivity index (χ3n) is 4.50. The smallest absolute Gasteiger partial charge is 0.261 e. The van der Waals surface area contributed by atoms with E-state index in [4.69, 9.17) is 11.6 Å². The van der Waals surface area contributed by atoms with E-state index in [1.54, 1.807) is 41.3 Å². The van der Waals surface area contributed by atoms with Gasteiger partial charge in [0.25, 0.3) is 10.0 Å². The summed E-state index contributed by atoms with van der Waals surface area (Å²) in [6.07, 6.45) is 4.30. The molecule has 27 heavy (non-hydrogen) atoms. The van der Waals surface area contributed by atoms with Gasteiger partial charge in [-0.2, -0.15) is 5.10 Å². The van der Waals surface area contributed by atoms with Crippen LogP contribution in [-0.4, -0.2) is 18.2 Å². The Kier molecular flexibility index (Phi) is 5.87. The van der Waals surface area contributed by atoms with Gasteiger partial charge in [0.05, 0.1) is 22.7 Å². The minimum Gasteiger partial charge on any atom is -0.280 e. The zero-order valence-corrected chi connectivity index (χ0v) is 16.8. The molecule has 0 aliphatic carbocycles. The van der Waals surface area contributed by atoms with Gasteiger partial charge >= 0.3 is 0 Å². The molecule has 1 N–H and O–H groups in total. The molecule has 7 heteroatoms. The van der Waals surface area contributed by atoms with Gasteiger partial charge in [0.1, 0.15) is 0 Å². The number of halogens is 1. The standard InChI is InChI=1S/C20H22ClN3O2S/c1-3-15(2)17-7-9-20(10-8-17)27(25,26)23-19-6-4-5-16(11-19)13-24-14-18(21)12-22-24/h4-12,14-15,23H,3,13H2,1-2H3. The van der Waals surface area contributed by atoms with E-state index in [9.17, 15) is 8.42 Å². The first-order valence-electron chi connectivity index (χ1n) is 8.77. The van der Waals surface area contributed by atoms with E-state index in [0.29, 0.717) is 23.2 Å². The van der Waals surface area contributed by atoms with Gasteiger partial charge < -0.3 is 0 Å². The van der Waals surface area contributed by atoms with Crippen molar-refractivity contribution in [3.63, 3.8) is 0 Å². The van der Waals surface area contributed by atoms with Crippen LogP contribution in [0.1, 0.15) is 37.3 Å². The zero-order chi connectivity index (χ0) is 19.4. The summed E-state index contributed by atoms with van der Waals surface area (Å²) in [4.78, 5) is 0.249. The molecule has 3 aromatic rings. The van der Waals surface area contributed by atoms with Crippen LogP contribution in [0, 0.1) is 0 Å². The molecule has 1 atom stereocenters. The van der Waals surface area contributed by atoms with E-state index in [1.165, 1.54) is 0 Å². The lowest BCUT2D eigenvalue weighted by molar-refractivity contribution is 0.601. The summed E-state index contributed by atoms with van der Waals surface area (Å²) in [6, 6.07) is 14.3. The predicted molar refractivity (Wildman–Crippen MR) is 109 cm³/mol. The van der Waals surface area contributed by atoms with Crippen molar-refractivity contribution < 1.29 is 8.42 Å². The molecule has 0 bridgehead atoms. The van der Waals surface area contributed by atoms with Crippen LogP contribution in [0.25, 0.3) is 0 Å². The Morgan fingerprint density at radius 2 is 1.93 bits per heavy atom. The van der Waals surface area contributed by atoms with Crippen LogP contribution in [0.15, 0.2) is 65.8 Å². The molecule has 5 nitrogen and oxygen atoms in total. The van der Waals surface area contributed by atoms with Crippen LogP contribution < -0.4 is 4.72 Å². The molecular weight excluding hydrogens is 382 g/mol. The van der Waals surface area contributed by atoms with Gasteiger partial charge in [-0.05, 0) is 47.7 Å². The Hall–Kier alpha value is -2.31. The molecule has 1 heterocycles. The van der Waals surface area contributed by atoms with Gasteiger partial charge in [0, 0.05) is 11.9 Å². The lowest BCUT2D eigenvalue weighted by Gasteiger charge is -2.12. The molecular formula is C20H22ClN3O2S. The van der Waals surface area contributed by atoms with Crippen molar-refractivity contribution in [3.8, 4) is 0 Å². The summed E-state index contributed by atoms with van der Waals surface area (Å²) in [7, 11) is -3.64. The van der Waals surface area contributed by atoms with Crippen molar-refractivity contribution in [1.29, 1.82) is 0 Å². The molecule has 1 unspecified atom stereocenters. The maximum absolute atomic E-state index is 12.7. The van der Waals surface area contributed by atoms with Crippen LogP contribution in [0.5, 0.6) is 0 Å². The zero-order valence-electron chi connectivity index (χ0n) is 15.3. The number of nitrogens with one attached hydrogen (secondary N) is 1. The molecule has 1 aromatic heterocycles. The van der Waals surface area contributed by atoms with Gasteiger partial charge in [-0.25, -0.2) is 8.42 Å². The molecule has 0 spiro atoms. The average molecular weight is 404 g/mol. The average Bonchev–Trinajstić information content (AvgIpc) is 3.06. The first-order chi connectivity index (χ1) is 12.9. The quantitative estimate of drug-likeness (QED) is 0.610. The lowest BCUT2D eigenvalue weighted by atomic mass is 9.99. The number of aromatic nitrogens is 2. The molecule has 0 aliphatic heterocycles. The fourth-order valence-electron chi connectivity index (χ4n) is 2.77. The number of benzene rings is 2. The third kappa shape index (κ3) is 4.90. The SMILES string of the molecule is CCC(C)c1ccc(S(=O)(=O)Nc2cccc(Cn3cc(Cl)cn3)c2)cc1. The maximum Gasteiger partial charge on any atom is 0.261 e. The molecule has 0 aliphatic rings. The summed E-state index contributed by atoms with van der Waals surface area (Å²) in [6.45, 7) is 4.74. The number of rotatable bonds is 7. The van der Waals surface area contributed by atoms with Gasteiger partial charge in [0.2, 0.25) is 0 Å². The Bertz CT molecular complexity index is 1010. The number of anilines is 1. The predicted octanol–water partition coefficient (Wildman–Crippen LogP) is 4.90. The second-order valence-corrected chi connectivity index (χ2v) is 8.66. The van der Waals surface area contributed by atoms with Gasteiger partial charge in [-0.15, -0.1) is 0 Å². The minimum absolute atomic E-state index is 0.249. The van der Waals surface area contributed by atoms with E-state index < -0.39 is 10.0 Å². The van der Waals surface area contributed by atoms with Crippen LogP contribution in [0.3, 0.4) is 0 Å². The molecule has 2 aromatic carbocycles. The van der Waals surface area contributed by atoms with E-state index in [1.807, 2.05) is 24.3 Å². The Morgan fingerprint density at radius 3 is 2.56 bits per heavy atom. The highest BCUT2D eigenvalue weighted by Gasteiger charge is 2.15. The summed E-state index contributed by atoms with van der Waals surface area (Å²) >= 11 is 5.88. The van der Waals surface area contributed by atoms with E-state index in [-0.39, 0.29) is 4.90 Å². The fourth-order valence-corrected chi connectivity index (χ4v) is 3.98. The number of hydrogen-bond acceptors (Lipinski definition) is 3. The number of hydrogen-bond donors (Lipinski definition) is 1. The largest absolute Gasteiger partial charge is 0.280 e. The Morgan fingerprint density at radius 1 is 1.19 bits per heavy atom. The summed E-state index contributed by atoms with van der Waals surface area (Å²) in [5.41, 5.74) is 2.56. The van der Waals surface area contributed by atoms with Crippen molar-refractivity contribution in [2.24, 2.45) is 0 Å². The van der Waals surface area contributed by atoms with Crippen LogP contribution in [-0.2, 0) is 16.6 Å². The minimum atomic E-state index is -3.64. The number of sulfonamides is 1. The van der Waals surface area contributed by atoms with Crippen LogP contribution in [0.2, 0.25) is 5.02 Å². The van der Waals surface area contributed by atoms with Crippen molar-refractivity contribution in [1.82, 2.24) is 9.78 Å². The van der Waals surface area contributed by atoms with Crippen LogP contribution >= 0.6 is 11.6 Å². The van der Waals surface area contributed by atoms with E-state index >= 15 is 0 Å². The highest BCUT2D eigenvalue weighted by molar-refractivity contribution is 7.92. The molecule has 3 rings (SSSR count). The van der Waals surface area contributed by atoms with Crippen molar-refractivity contribution in [3.05, 3.63) is 77.1 Å². The molecule has 0 saturated heterocycles. The maximum atomic E-state index is 12.7. The van der Waals surface area contributed by atoms with Crippen molar-refractivity contribution in [2.75, 3.05) is 4.72 Å². The van der Waals surface area contributed by atoms with Crippen LogP contribution in [0.4, 0.5) is 5.69 Å². The summed E-state index contributed by atoms with van der Waals surface area (Å²) in [5, 5.41) is 4.70. The van der Waals surface area contributed by atoms with Gasteiger partial charge in [-0.1, -0.05) is 49.7 Å². The van der Waals surface area contributed by atoms with Gasteiger partial charge in [-0.3, -0.25) is 9.40 Å². The molecule has 0 amide bonds. The second kappa shape index (κ2) is 8.15. The molecule has 0 fully saturated rings. The first-order valence-corrected chi connectivity index (χ1v) is 10.6. The molecule has 0 saturated carbocycles. The first kappa shape index (κ1) is 19.5. The molecule has 0 radical (unpaired) electrons. The Labute approximate surface area is 165 Å². The van der Waals surface area contributed by atoms with E-state index in [2.05, 4.69) is 23.7 Å². The fraction of sp³-hybridized carbons (Fsp3) is 0.250. The van der Waals surface area contributed by atoms with E-state index in [0.717, 1.165) is 17.5 Å². The summed E-state index contributed by atoms with van der Waals surface area (Å²) in [5.74, 6) is 0.405. The third-order valence-corrected chi connectivity index (χ3v) is 6.09. The topological polar surface area (TPSA) is 64.0 Å². The molecule has 142 valence electrons. The Balaban J connectivity index is 1.76. The van der Waals surface area contributed by atoms with Gasteiger partial charge in [0.15, 0.2) is 0 Å². The van der Waals surface area contributed by atoms with Crippen molar-refractivity contribution in [2.45, 2.75) is 37.6 Å². The lowest BCUT2D eigenvalue weighted by Crippen LogP contribution is -2.13. The summed E-state index contributed by atoms with van der Waals surface area (Å²) < 4.78 is 29.7. The highest BCUT2D eigenvalue weighted by atomic mass is 35.5. The second-order valence-electron chi connectivity index (χ2n) is 6.54.